The van der Waals surface area contributed by atoms with Crippen molar-refractivity contribution in [3.63, 3.8) is 0 Å². The molecule has 2 heterocycles. The topological polar surface area (TPSA) is 153 Å². The van der Waals surface area contributed by atoms with Crippen molar-refractivity contribution in [1.29, 1.82) is 0 Å². The van der Waals surface area contributed by atoms with Crippen LogP contribution in [0.15, 0.2) is 36.4 Å². The van der Waals surface area contributed by atoms with Gasteiger partial charge in [0.1, 0.15) is 12.1 Å². The molecule has 2 aromatic rings. The number of primary amides is 1. The van der Waals surface area contributed by atoms with E-state index in [4.69, 9.17) is 20.2 Å². The van der Waals surface area contributed by atoms with Gasteiger partial charge in [0.25, 0.3) is 11.8 Å². The summed E-state index contributed by atoms with van der Waals surface area (Å²) in [7, 11) is 1.67. The van der Waals surface area contributed by atoms with Gasteiger partial charge in [-0.25, -0.2) is 5.43 Å². The number of nitrogens with zero attached hydrogens (tertiary/aromatic N) is 2. The van der Waals surface area contributed by atoms with Crippen LogP contribution in [0.3, 0.4) is 0 Å². The third kappa shape index (κ3) is 8.26. The number of aromatic nitrogens is 1. The van der Waals surface area contributed by atoms with E-state index in [-0.39, 0.29) is 12.0 Å². The SMILES string of the molecule is CCc1ccc2ccc(/C=C/C3(C(=O)OC(C(=O)NC(C)C(=O)N4CCCC(C(N)=O)N4)C(C)C)CCC(OC)CC3)cc2n1. The molecule has 0 bridgehead atoms. The molecule has 2 fully saturated rings. The van der Waals surface area contributed by atoms with E-state index < -0.39 is 47.3 Å². The molecule has 4 rings (SSSR count). The average Bonchev–Trinajstić information content (AvgIpc) is 3.05. The lowest BCUT2D eigenvalue weighted by atomic mass is 9.72. The van der Waals surface area contributed by atoms with E-state index in [2.05, 4.69) is 23.7 Å². The van der Waals surface area contributed by atoms with Gasteiger partial charge in [0.05, 0.1) is 17.0 Å². The summed E-state index contributed by atoms with van der Waals surface area (Å²) in [5, 5.41) is 5.08. The molecule has 4 N–H and O–H groups in total. The second-order valence-corrected chi connectivity index (χ2v) is 12.5. The molecule has 11 heteroatoms. The minimum absolute atomic E-state index is 0.0465. The highest BCUT2D eigenvalue weighted by Crippen LogP contribution is 2.41. The average molecular weight is 622 g/mol. The highest BCUT2D eigenvalue weighted by molar-refractivity contribution is 5.91. The van der Waals surface area contributed by atoms with Crippen LogP contribution in [0.25, 0.3) is 17.0 Å². The largest absolute Gasteiger partial charge is 0.451 e. The van der Waals surface area contributed by atoms with E-state index in [1.54, 1.807) is 27.9 Å². The molecular formula is C34H47N5O6. The zero-order valence-electron chi connectivity index (χ0n) is 27.0. The quantitative estimate of drug-likeness (QED) is 0.323. The number of carbonyl (C=O) groups excluding carboxylic acids is 4. The molecule has 0 spiro atoms. The number of methoxy groups -OCH3 is 1. The molecule has 0 radical (unpaired) electrons. The molecule has 1 saturated carbocycles. The van der Waals surface area contributed by atoms with Crippen molar-refractivity contribution in [2.24, 2.45) is 17.1 Å². The molecule has 45 heavy (non-hydrogen) atoms. The van der Waals surface area contributed by atoms with Gasteiger partial charge in [-0.05, 0) is 75.5 Å². The van der Waals surface area contributed by atoms with E-state index in [0.717, 1.165) is 28.6 Å². The Labute approximate surface area is 265 Å². The third-order valence-corrected chi connectivity index (χ3v) is 8.92. The Balaban J connectivity index is 1.50. The van der Waals surface area contributed by atoms with Crippen LogP contribution < -0.4 is 16.5 Å². The number of nitrogens with one attached hydrogen (secondary N) is 2. The molecule has 3 amide bonds. The summed E-state index contributed by atoms with van der Waals surface area (Å²) in [5.41, 5.74) is 10.1. The molecule has 1 aliphatic carbocycles. The number of rotatable bonds is 11. The van der Waals surface area contributed by atoms with E-state index >= 15 is 0 Å². The number of esters is 1. The van der Waals surface area contributed by atoms with Gasteiger partial charge >= 0.3 is 5.97 Å². The standard InChI is InChI=1S/C34H47N5O6/c1-6-25-12-11-24-10-9-23(20-28(24)37-25)13-16-34(17-14-26(44-5)15-18-34)33(43)45-29(21(2)3)31(41)36-22(4)32(42)39-19-7-8-27(38-39)30(35)40/h9-13,16,20-22,26-27,29,38H,6-8,14-15,17-19H2,1-5H3,(H2,35,40)(H,36,41)/b16-13+. The monoisotopic (exact) mass is 621 g/mol. The van der Waals surface area contributed by atoms with Gasteiger partial charge in [0.15, 0.2) is 6.10 Å². The molecular weight excluding hydrogens is 574 g/mol. The molecule has 11 nitrogen and oxygen atoms in total. The fourth-order valence-electron chi connectivity index (χ4n) is 5.98. The molecule has 244 valence electrons. The van der Waals surface area contributed by atoms with Crippen LogP contribution in [0.5, 0.6) is 0 Å². The Morgan fingerprint density at radius 1 is 1.13 bits per heavy atom. The maximum absolute atomic E-state index is 14.0. The predicted octanol–water partition coefficient (Wildman–Crippen LogP) is 3.44. The van der Waals surface area contributed by atoms with Crippen LogP contribution in [-0.2, 0) is 35.1 Å². The number of hydrazine groups is 1. The van der Waals surface area contributed by atoms with Crippen LogP contribution >= 0.6 is 0 Å². The summed E-state index contributed by atoms with van der Waals surface area (Å²) >= 11 is 0. The minimum Gasteiger partial charge on any atom is -0.451 e. The number of amides is 3. The van der Waals surface area contributed by atoms with Crippen LogP contribution in [0.2, 0.25) is 0 Å². The zero-order chi connectivity index (χ0) is 32.7. The summed E-state index contributed by atoms with van der Waals surface area (Å²) in [6, 6.07) is 8.55. The molecule has 1 aromatic heterocycles. The van der Waals surface area contributed by atoms with Crippen molar-refractivity contribution >= 4 is 40.7 Å². The fourth-order valence-corrected chi connectivity index (χ4v) is 5.98. The third-order valence-electron chi connectivity index (χ3n) is 8.92. The van der Waals surface area contributed by atoms with Gasteiger partial charge in [0, 0.05) is 24.7 Å². The first-order chi connectivity index (χ1) is 21.5. The lowest BCUT2D eigenvalue weighted by molar-refractivity contribution is -0.169. The van der Waals surface area contributed by atoms with E-state index in [0.29, 0.717) is 45.1 Å². The number of aryl methyl sites for hydroxylation is 1. The summed E-state index contributed by atoms with van der Waals surface area (Å²) in [6.07, 6.45) is 7.13. The molecule has 1 saturated heterocycles. The van der Waals surface area contributed by atoms with Crippen molar-refractivity contribution in [1.82, 2.24) is 20.7 Å². The van der Waals surface area contributed by atoms with Crippen LogP contribution in [0.4, 0.5) is 0 Å². The Bertz CT molecular complexity index is 1420. The van der Waals surface area contributed by atoms with Crippen molar-refractivity contribution in [2.75, 3.05) is 13.7 Å². The summed E-state index contributed by atoms with van der Waals surface area (Å²) < 4.78 is 11.6. The van der Waals surface area contributed by atoms with Crippen molar-refractivity contribution < 1.29 is 28.7 Å². The molecule has 3 unspecified atom stereocenters. The predicted molar refractivity (Wildman–Crippen MR) is 171 cm³/mol. The lowest BCUT2D eigenvalue weighted by Gasteiger charge is -2.37. The van der Waals surface area contributed by atoms with Crippen molar-refractivity contribution in [2.45, 2.75) is 96.9 Å². The molecule has 1 aromatic carbocycles. The smallest absolute Gasteiger partial charge is 0.316 e. The van der Waals surface area contributed by atoms with E-state index in [1.165, 1.54) is 5.01 Å². The van der Waals surface area contributed by atoms with Gasteiger partial charge in [-0.2, -0.15) is 0 Å². The van der Waals surface area contributed by atoms with Gasteiger partial charge in [-0.1, -0.05) is 51.1 Å². The number of hydrogen-bond donors (Lipinski definition) is 3. The summed E-state index contributed by atoms with van der Waals surface area (Å²) in [4.78, 5) is 56.9. The second kappa shape index (κ2) is 15.0. The minimum atomic E-state index is -1.11. The van der Waals surface area contributed by atoms with Crippen molar-refractivity contribution in [3.8, 4) is 0 Å². The first-order valence-corrected chi connectivity index (χ1v) is 16.0. The number of carbonyl (C=O) groups is 4. The highest BCUT2D eigenvalue weighted by Gasteiger charge is 2.44. The maximum Gasteiger partial charge on any atom is 0.316 e. The highest BCUT2D eigenvalue weighted by atomic mass is 16.6. The van der Waals surface area contributed by atoms with Gasteiger partial charge in [0.2, 0.25) is 5.91 Å². The fraction of sp³-hybridized carbons (Fsp3) is 0.559. The van der Waals surface area contributed by atoms with Crippen LogP contribution in [-0.4, -0.2) is 71.6 Å². The lowest BCUT2D eigenvalue weighted by Crippen LogP contribution is -2.60. The second-order valence-electron chi connectivity index (χ2n) is 12.5. The zero-order valence-corrected chi connectivity index (χ0v) is 27.0. The first kappa shape index (κ1) is 34.1. The van der Waals surface area contributed by atoms with Gasteiger partial charge in [-0.3, -0.25) is 29.2 Å². The summed E-state index contributed by atoms with van der Waals surface area (Å²) in [5.74, 6) is -2.33. The Kier molecular flexibility index (Phi) is 11.3. The number of nitrogens with two attached hydrogens (primary N) is 1. The van der Waals surface area contributed by atoms with Crippen LogP contribution in [0.1, 0.15) is 77.5 Å². The number of pyridine rings is 1. The summed E-state index contributed by atoms with van der Waals surface area (Å²) in [6.45, 7) is 7.61. The molecule has 1 aliphatic heterocycles. The van der Waals surface area contributed by atoms with Crippen molar-refractivity contribution in [3.05, 3.63) is 47.7 Å². The molecule has 2 aliphatic rings. The Morgan fingerprint density at radius 2 is 1.84 bits per heavy atom. The first-order valence-electron chi connectivity index (χ1n) is 16.0. The van der Waals surface area contributed by atoms with Gasteiger partial charge in [-0.15, -0.1) is 0 Å². The number of benzene rings is 1. The molecule has 3 atom stereocenters. The maximum atomic E-state index is 14.0. The van der Waals surface area contributed by atoms with Gasteiger partial charge < -0.3 is 20.5 Å². The Hall–Kier alpha value is -3.83. The number of fused-ring (bicyclic) bond motifs is 1. The van der Waals surface area contributed by atoms with E-state index in [9.17, 15) is 19.2 Å². The number of hydrogen-bond acceptors (Lipinski definition) is 8. The van der Waals surface area contributed by atoms with Crippen LogP contribution in [0, 0.1) is 11.3 Å². The normalized spacial score (nSPS) is 23.6. The van der Waals surface area contributed by atoms with E-state index in [1.807, 2.05) is 36.4 Å². The number of ether oxygens (including phenoxy) is 2. The Morgan fingerprint density at radius 3 is 2.49 bits per heavy atom.